The van der Waals surface area contributed by atoms with Gasteiger partial charge in [0.05, 0.1) is 6.10 Å². The Balaban J connectivity index is 2.22. The quantitative estimate of drug-likeness (QED) is 0.890. The van der Waals surface area contributed by atoms with Gasteiger partial charge >= 0.3 is 0 Å². The van der Waals surface area contributed by atoms with Gasteiger partial charge in [-0.1, -0.05) is 29.3 Å². The van der Waals surface area contributed by atoms with Gasteiger partial charge in [-0.2, -0.15) is 0 Å². The SMILES string of the molecule is Cc1cc(C)cc(C(O)Cc2cc(F)cc(F)c2)c1. The number of hydrogen-bond acceptors (Lipinski definition) is 1. The molecule has 1 atom stereocenters. The van der Waals surface area contributed by atoms with E-state index in [2.05, 4.69) is 0 Å². The fraction of sp³-hybridized carbons (Fsp3) is 0.250. The van der Waals surface area contributed by atoms with Crippen LogP contribution in [0, 0.1) is 25.5 Å². The number of benzene rings is 2. The molecule has 0 heterocycles. The highest BCUT2D eigenvalue weighted by atomic mass is 19.1. The summed E-state index contributed by atoms with van der Waals surface area (Å²) in [4.78, 5) is 0. The summed E-state index contributed by atoms with van der Waals surface area (Å²) in [5.74, 6) is -1.25. The summed E-state index contributed by atoms with van der Waals surface area (Å²) in [5.41, 5.74) is 3.32. The molecule has 0 bridgehead atoms. The number of aliphatic hydroxyl groups excluding tert-OH is 1. The van der Waals surface area contributed by atoms with Crippen molar-refractivity contribution in [2.75, 3.05) is 0 Å². The van der Waals surface area contributed by atoms with Crippen molar-refractivity contribution in [3.8, 4) is 0 Å². The Morgan fingerprint density at radius 3 is 1.95 bits per heavy atom. The standard InChI is InChI=1S/C16H16F2O/c1-10-3-11(2)5-13(4-10)16(19)8-12-6-14(17)9-15(18)7-12/h3-7,9,16,19H,8H2,1-2H3. The highest BCUT2D eigenvalue weighted by Crippen LogP contribution is 2.21. The molecular formula is C16H16F2O. The Kier molecular flexibility index (Phi) is 3.96. The van der Waals surface area contributed by atoms with Gasteiger partial charge in [0.1, 0.15) is 11.6 Å². The van der Waals surface area contributed by atoms with E-state index in [1.165, 1.54) is 12.1 Å². The Morgan fingerprint density at radius 1 is 0.895 bits per heavy atom. The highest BCUT2D eigenvalue weighted by molar-refractivity contribution is 5.31. The largest absolute Gasteiger partial charge is 0.388 e. The van der Waals surface area contributed by atoms with Crippen LogP contribution in [0.25, 0.3) is 0 Å². The lowest BCUT2D eigenvalue weighted by molar-refractivity contribution is 0.178. The van der Waals surface area contributed by atoms with E-state index in [-0.39, 0.29) is 6.42 Å². The summed E-state index contributed by atoms with van der Waals surface area (Å²) in [6.45, 7) is 3.90. The summed E-state index contributed by atoms with van der Waals surface area (Å²) in [7, 11) is 0. The van der Waals surface area contributed by atoms with E-state index >= 15 is 0 Å². The number of hydrogen-bond donors (Lipinski definition) is 1. The van der Waals surface area contributed by atoms with Crippen LogP contribution < -0.4 is 0 Å². The zero-order valence-corrected chi connectivity index (χ0v) is 11.0. The summed E-state index contributed by atoms with van der Waals surface area (Å²) in [6, 6.07) is 9.09. The van der Waals surface area contributed by atoms with Crippen molar-refractivity contribution in [2.45, 2.75) is 26.4 Å². The molecule has 0 aliphatic carbocycles. The molecule has 0 aliphatic rings. The van der Waals surface area contributed by atoms with Crippen molar-refractivity contribution in [1.82, 2.24) is 0 Å². The smallest absolute Gasteiger partial charge is 0.126 e. The van der Waals surface area contributed by atoms with Gasteiger partial charge in [0.2, 0.25) is 0 Å². The molecule has 1 nitrogen and oxygen atoms in total. The summed E-state index contributed by atoms with van der Waals surface area (Å²) in [6.07, 6.45) is -0.572. The van der Waals surface area contributed by atoms with E-state index in [0.29, 0.717) is 5.56 Å². The van der Waals surface area contributed by atoms with Crippen LogP contribution in [0.4, 0.5) is 8.78 Å². The van der Waals surface area contributed by atoms with Gasteiger partial charge in [0.25, 0.3) is 0 Å². The van der Waals surface area contributed by atoms with E-state index in [0.717, 1.165) is 22.8 Å². The van der Waals surface area contributed by atoms with Crippen molar-refractivity contribution >= 4 is 0 Å². The Hall–Kier alpha value is -1.74. The lowest BCUT2D eigenvalue weighted by Crippen LogP contribution is -2.03. The molecule has 0 radical (unpaired) electrons. The Labute approximate surface area is 111 Å². The average Bonchev–Trinajstić information content (AvgIpc) is 2.25. The Bertz CT molecular complexity index is 553. The molecule has 3 heteroatoms. The Morgan fingerprint density at radius 2 is 1.42 bits per heavy atom. The van der Waals surface area contributed by atoms with Crippen LogP contribution in [0.2, 0.25) is 0 Å². The predicted octanol–water partition coefficient (Wildman–Crippen LogP) is 3.86. The predicted molar refractivity (Wildman–Crippen MR) is 70.9 cm³/mol. The lowest BCUT2D eigenvalue weighted by atomic mass is 9.98. The second kappa shape index (κ2) is 5.49. The first kappa shape index (κ1) is 13.7. The fourth-order valence-corrected chi connectivity index (χ4v) is 2.27. The first-order valence-corrected chi connectivity index (χ1v) is 6.15. The van der Waals surface area contributed by atoms with E-state index in [9.17, 15) is 13.9 Å². The second-order valence-corrected chi connectivity index (χ2v) is 4.92. The minimum atomic E-state index is -0.764. The molecule has 19 heavy (non-hydrogen) atoms. The van der Waals surface area contributed by atoms with Crippen LogP contribution in [0.15, 0.2) is 36.4 Å². The fourth-order valence-electron chi connectivity index (χ4n) is 2.27. The number of halogens is 2. The first-order chi connectivity index (χ1) is 8.94. The van der Waals surface area contributed by atoms with Gasteiger partial charge in [-0.15, -0.1) is 0 Å². The summed E-state index contributed by atoms with van der Waals surface area (Å²) < 4.78 is 26.2. The maximum atomic E-state index is 13.1. The third kappa shape index (κ3) is 3.61. The van der Waals surface area contributed by atoms with Crippen LogP contribution in [-0.2, 0) is 6.42 Å². The van der Waals surface area contributed by atoms with Gasteiger partial charge in [-0.05, 0) is 37.1 Å². The molecule has 100 valence electrons. The van der Waals surface area contributed by atoms with Crippen molar-refractivity contribution < 1.29 is 13.9 Å². The van der Waals surface area contributed by atoms with Gasteiger partial charge in [0.15, 0.2) is 0 Å². The van der Waals surface area contributed by atoms with Gasteiger partial charge < -0.3 is 5.11 Å². The van der Waals surface area contributed by atoms with Gasteiger partial charge in [-0.25, -0.2) is 8.78 Å². The van der Waals surface area contributed by atoms with E-state index in [1.807, 2.05) is 32.0 Å². The van der Waals surface area contributed by atoms with E-state index in [4.69, 9.17) is 0 Å². The molecule has 0 spiro atoms. The highest BCUT2D eigenvalue weighted by Gasteiger charge is 2.11. The first-order valence-electron chi connectivity index (χ1n) is 6.15. The molecular weight excluding hydrogens is 246 g/mol. The molecule has 2 aromatic rings. The molecule has 0 saturated carbocycles. The summed E-state index contributed by atoms with van der Waals surface area (Å²) in [5, 5.41) is 10.2. The third-order valence-corrected chi connectivity index (χ3v) is 2.98. The van der Waals surface area contributed by atoms with Crippen molar-refractivity contribution in [1.29, 1.82) is 0 Å². The number of aliphatic hydroxyl groups is 1. The van der Waals surface area contributed by atoms with Gasteiger partial charge in [0, 0.05) is 12.5 Å². The summed E-state index contributed by atoms with van der Waals surface area (Å²) >= 11 is 0. The van der Waals surface area contributed by atoms with Crippen molar-refractivity contribution in [3.05, 3.63) is 70.3 Å². The molecule has 0 saturated heterocycles. The van der Waals surface area contributed by atoms with Gasteiger partial charge in [-0.3, -0.25) is 0 Å². The maximum absolute atomic E-state index is 13.1. The molecule has 0 aliphatic heterocycles. The molecule has 1 N–H and O–H groups in total. The van der Waals surface area contributed by atoms with E-state index < -0.39 is 17.7 Å². The molecule has 0 fully saturated rings. The monoisotopic (exact) mass is 262 g/mol. The molecule has 2 rings (SSSR count). The average molecular weight is 262 g/mol. The maximum Gasteiger partial charge on any atom is 0.126 e. The van der Waals surface area contributed by atoms with Crippen LogP contribution in [0.3, 0.4) is 0 Å². The third-order valence-electron chi connectivity index (χ3n) is 2.98. The van der Waals surface area contributed by atoms with Crippen LogP contribution >= 0.6 is 0 Å². The molecule has 2 aromatic carbocycles. The van der Waals surface area contributed by atoms with Crippen LogP contribution in [-0.4, -0.2) is 5.11 Å². The molecule has 0 aromatic heterocycles. The molecule has 1 unspecified atom stereocenters. The number of aryl methyl sites for hydroxylation is 2. The zero-order valence-electron chi connectivity index (χ0n) is 11.0. The number of rotatable bonds is 3. The van der Waals surface area contributed by atoms with Crippen molar-refractivity contribution in [2.24, 2.45) is 0 Å². The topological polar surface area (TPSA) is 20.2 Å². The van der Waals surface area contributed by atoms with Crippen LogP contribution in [0.1, 0.15) is 28.4 Å². The van der Waals surface area contributed by atoms with Crippen molar-refractivity contribution in [3.63, 3.8) is 0 Å². The normalized spacial score (nSPS) is 12.5. The second-order valence-electron chi connectivity index (χ2n) is 4.92. The minimum absolute atomic E-state index is 0.192. The molecule has 0 amide bonds. The van der Waals surface area contributed by atoms with Crippen LogP contribution in [0.5, 0.6) is 0 Å². The van der Waals surface area contributed by atoms with E-state index in [1.54, 1.807) is 0 Å². The minimum Gasteiger partial charge on any atom is -0.388 e. The lowest BCUT2D eigenvalue weighted by Gasteiger charge is -2.13. The zero-order chi connectivity index (χ0) is 14.0.